The Morgan fingerprint density at radius 2 is 2.23 bits per heavy atom. The topological polar surface area (TPSA) is 43.6 Å². The molecule has 1 aliphatic heterocycles. The molecule has 72 valence electrons. The molecule has 13 heavy (non-hydrogen) atoms. The molecule has 2 rings (SSSR count). The lowest BCUT2D eigenvalue weighted by molar-refractivity contribution is 0.172. The number of nitrogens with one attached hydrogen (secondary N) is 1. The molecule has 0 aliphatic carbocycles. The second kappa shape index (κ2) is 3.70. The minimum absolute atomic E-state index is 0.603. The number of hydrogen-bond acceptors (Lipinski definition) is 4. The molecule has 0 saturated heterocycles. The van der Waals surface area contributed by atoms with Crippen molar-refractivity contribution in [3.8, 4) is 11.5 Å². The Balaban J connectivity index is 2.12. The highest BCUT2D eigenvalue weighted by atomic mass is 16.6. The molecular weight excluding hydrogens is 170 g/mol. The van der Waals surface area contributed by atoms with Gasteiger partial charge < -0.3 is 19.2 Å². The first-order valence-corrected chi connectivity index (χ1v) is 4.48. The van der Waals surface area contributed by atoms with Crippen molar-refractivity contribution in [1.82, 2.24) is 5.32 Å². The molecule has 1 N–H and O–H groups in total. The van der Waals surface area contributed by atoms with Crippen LogP contribution in [-0.4, -0.2) is 19.8 Å². The number of ether oxygens (including phenoxy) is 2. The number of furan rings is 1. The zero-order valence-electron chi connectivity index (χ0n) is 7.63. The lowest BCUT2D eigenvalue weighted by Gasteiger charge is -2.14. The Morgan fingerprint density at radius 1 is 1.38 bits per heavy atom. The van der Waals surface area contributed by atoms with Gasteiger partial charge in [-0.05, 0) is 6.54 Å². The molecule has 0 unspecified atom stereocenters. The standard InChI is InChI=1S/C9H13NO3/c1-2-10-5-7-9-8(6-13-7)11-3-4-12-9/h6,10H,2-5H2,1H3. The Morgan fingerprint density at radius 3 is 3.08 bits per heavy atom. The van der Waals surface area contributed by atoms with Gasteiger partial charge in [0.2, 0.25) is 5.75 Å². The summed E-state index contributed by atoms with van der Waals surface area (Å²) in [6, 6.07) is 0. The van der Waals surface area contributed by atoms with Crippen LogP contribution in [0, 0.1) is 0 Å². The summed E-state index contributed by atoms with van der Waals surface area (Å²) >= 11 is 0. The third-order valence-corrected chi connectivity index (χ3v) is 1.91. The monoisotopic (exact) mass is 183 g/mol. The van der Waals surface area contributed by atoms with Gasteiger partial charge in [0.25, 0.3) is 0 Å². The lowest BCUT2D eigenvalue weighted by atomic mass is 10.3. The Kier molecular flexibility index (Phi) is 2.40. The molecule has 0 fully saturated rings. The first-order valence-electron chi connectivity index (χ1n) is 4.48. The van der Waals surface area contributed by atoms with Crippen LogP contribution in [0.25, 0.3) is 0 Å². The van der Waals surface area contributed by atoms with Gasteiger partial charge in [-0.25, -0.2) is 0 Å². The van der Waals surface area contributed by atoms with Crippen molar-refractivity contribution < 1.29 is 13.9 Å². The van der Waals surface area contributed by atoms with Crippen LogP contribution in [0.3, 0.4) is 0 Å². The van der Waals surface area contributed by atoms with E-state index >= 15 is 0 Å². The molecule has 1 aromatic heterocycles. The van der Waals surface area contributed by atoms with Crippen molar-refractivity contribution in [2.45, 2.75) is 13.5 Å². The molecule has 0 spiro atoms. The van der Waals surface area contributed by atoms with Gasteiger partial charge in [-0.1, -0.05) is 6.92 Å². The average molecular weight is 183 g/mol. The van der Waals surface area contributed by atoms with E-state index in [1.807, 2.05) is 6.92 Å². The third-order valence-electron chi connectivity index (χ3n) is 1.91. The molecule has 0 atom stereocenters. The summed E-state index contributed by atoms with van der Waals surface area (Å²) in [5.41, 5.74) is 0. The molecular formula is C9H13NO3. The van der Waals surface area contributed by atoms with E-state index in [0.717, 1.165) is 23.8 Å². The maximum Gasteiger partial charge on any atom is 0.204 e. The van der Waals surface area contributed by atoms with Gasteiger partial charge in [0.05, 0.1) is 6.54 Å². The second-order valence-electron chi connectivity index (χ2n) is 2.83. The SMILES string of the molecule is CCNCc1occ2c1OCCO2. The summed E-state index contributed by atoms with van der Waals surface area (Å²) in [6.07, 6.45) is 1.60. The van der Waals surface area contributed by atoms with E-state index in [1.54, 1.807) is 6.26 Å². The molecule has 4 heteroatoms. The fourth-order valence-corrected chi connectivity index (χ4v) is 1.28. The average Bonchev–Trinajstić information content (AvgIpc) is 2.58. The smallest absolute Gasteiger partial charge is 0.204 e. The van der Waals surface area contributed by atoms with E-state index in [2.05, 4.69) is 5.32 Å². The van der Waals surface area contributed by atoms with Gasteiger partial charge in [-0.15, -0.1) is 0 Å². The Labute approximate surface area is 76.8 Å². The second-order valence-corrected chi connectivity index (χ2v) is 2.83. The van der Waals surface area contributed by atoms with E-state index in [-0.39, 0.29) is 0 Å². The zero-order chi connectivity index (χ0) is 9.10. The van der Waals surface area contributed by atoms with Crippen LogP contribution >= 0.6 is 0 Å². The Hall–Kier alpha value is -1.16. The molecule has 0 bridgehead atoms. The zero-order valence-corrected chi connectivity index (χ0v) is 7.63. The third kappa shape index (κ3) is 1.62. The molecule has 4 nitrogen and oxygen atoms in total. The Bertz CT molecular complexity index is 282. The largest absolute Gasteiger partial charge is 0.483 e. The van der Waals surface area contributed by atoms with E-state index in [9.17, 15) is 0 Å². The van der Waals surface area contributed by atoms with Crippen LogP contribution < -0.4 is 14.8 Å². The summed E-state index contributed by atoms with van der Waals surface area (Å²) in [4.78, 5) is 0. The normalized spacial score (nSPS) is 14.5. The molecule has 1 aliphatic rings. The van der Waals surface area contributed by atoms with Gasteiger partial charge in [0, 0.05) is 0 Å². The van der Waals surface area contributed by atoms with E-state index in [1.165, 1.54) is 0 Å². The predicted molar refractivity (Wildman–Crippen MR) is 47.1 cm³/mol. The maximum absolute atomic E-state index is 5.43. The van der Waals surface area contributed by atoms with E-state index in [0.29, 0.717) is 19.8 Å². The van der Waals surface area contributed by atoms with Crippen molar-refractivity contribution in [3.05, 3.63) is 12.0 Å². The van der Waals surface area contributed by atoms with Crippen LogP contribution in [0.5, 0.6) is 11.5 Å². The number of hydrogen-bond donors (Lipinski definition) is 1. The van der Waals surface area contributed by atoms with Gasteiger partial charge in [0.15, 0.2) is 11.5 Å². The minimum atomic E-state index is 0.603. The van der Waals surface area contributed by atoms with Gasteiger partial charge >= 0.3 is 0 Å². The molecule has 0 radical (unpaired) electrons. The van der Waals surface area contributed by atoms with Crippen LogP contribution in [0.15, 0.2) is 10.7 Å². The predicted octanol–water partition coefficient (Wildman–Crippen LogP) is 1.16. The number of rotatable bonds is 3. The van der Waals surface area contributed by atoms with Crippen LogP contribution in [0.2, 0.25) is 0 Å². The summed E-state index contributed by atoms with van der Waals surface area (Å²) in [5.74, 6) is 2.29. The number of fused-ring (bicyclic) bond motifs is 1. The molecule has 0 amide bonds. The van der Waals surface area contributed by atoms with Crippen molar-refractivity contribution in [2.75, 3.05) is 19.8 Å². The molecule has 0 aromatic carbocycles. The van der Waals surface area contributed by atoms with Crippen LogP contribution in [0.4, 0.5) is 0 Å². The molecule has 1 aromatic rings. The summed E-state index contributed by atoms with van der Waals surface area (Å²) in [6.45, 7) is 4.86. The summed E-state index contributed by atoms with van der Waals surface area (Å²) < 4.78 is 16.1. The first kappa shape index (κ1) is 8.44. The highest BCUT2D eigenvalue weighted by Gasteiger charge is 2.19. The van der Waals surface area contributed by atoms with Gasteiger partial charge in [0.1, 0.15) is 19.5 Å². The maximum atomic E-state index is 5.43. The molecule has 2 heterocycles. The summed E-state index contributed by atoms with van der Waals surface area (Å²) in [7, 11) is 0. The highest BCUT2D eigenvalue weighted by molar-refractivity contribution is 5.42. The quantitative estimate of drug-likeness (QED) is 0.763. The van der Waals surface area contributed by atoms with Crippen molar-refractivity contribution in [1.29, 1.82) is 0 Å². The van der Waals surface area contributed by atoms with E-state index < -0.39 is 0 Å². The van der Waals surface area contributed by atoms with Gasteiger partial charge in [-0.2, -0.15) is 0 Å². The van der Waals surface area contributed by atoms with E-state index in [4.69, 9.17) is 13.9 Å². The first-order chi connectivity index (χ1) is 6.42. The fraction of sp³-hybridized carbons (Fsp3) is 0.556. The fourth-order valence-electron chi connectivity index (χ4n) is 1.28. The van der Waals surface area contributed by atoms with Crippen molar-refractivity contribution in [2.24, 2.45) is 0 Å². The lowest BCUT2D eigenvalue weighted by Crippen LogP contribution is -2.17. The van der Waals surface area contributed by atoms with Crippen LogP contribution in [0.1, 0.15) is 12.7 Å². The summed E-state index contributed by atoms with van der Waals surface area (Å²) in [5, 5.41) is 3.17. The van der Waals surface area contributed by atoms with Crippen molar-refractivity contribution in [3.63, 3.8) is 0 Å². The van der Waals surface area contributed by atoms with Crippen molar-refractivity contribution >= 4 is 0 Å². The molecule has 0 saturated carbocycles. The highest BCUT2D eigenvalue weighted by Crippen LogP contribution is 2.35. The minimum Gasteiger partial charge on any atom is -0.483 e. The van der Waals surface area contributed by atoms with Gasteiger partial charge in [-0.3, -0.25) is 0 Å². The van der Waals surface area contributed by atoms with Crippen LogP contribution in [-0.2, 0) is 6.54 Å².